The Balaban J connectivity index is 1.98. The normalized spacial score (nSPS) is 15.1. The van der Waals surface area contributed by atoms with Crippen molar-refractivity contribution >= 4 is 11.3 Å². The second-order valence-electron chi connectivity index (χ2n) is 3.64. The van der Waals surface area contributed by atoms with Gasteiger partial charge in [-0.05, 0) is 31.4 Å². The first kappa shape index (κ1) is 10.4. The van der Waals surface area contributed by atoms with E-state index in [0.29, 0.717) is 12.1 Å². The van der Waals surface area contributed by atoms with Gasteiger partial charge in [0.25, 0.3) is 0 Å². The number of hydrogen-bond acceptors (Lipinski definition) is 3. The molecule has 2 aromatic heterocycles. The highest BCUT2D eigenvalue weighted by atomic mass is 32.1. The number of aromatic amines is 1. The summed E-state index contributed by atoms with van der Waals surface area (Å²) in [4.78, 5) is 1.36. The molecule has 0 saturated carbocycles. The lowest BCUT2D eigenvalue weighted by molar-refractivity contribution is 0.491. The minimum Gasteiger partial charge on any atom is -0.301 e. The number of nitrogens with zero attached hydrogens (tertiary/aromatic N) is 1. The molecule has 0 fully saturated rings. The van der Waals surface area contributed by atoms with E-state index in [0.717, 1.165) is 5.69 Å². The lowest BCUT2D eigenvalue weighted by Gasteiger charge is -2.17. The lowest BCUT2D eigenvalue weighted by atomic mass is 10.2. The first-order chi connectivity index (χ1) is 7.27. The zero-order valence-electron chi connectivity index (χ0n) is 8.90. The Labute approximate surface area is 93.5 Å². The van der Waals surface area contributed by atoms with E-state index in [1.807, 2.05) is 6.07 Å². The molecular formula is C11H15N3S. The third-order valence-corrected chi connectivity index (χ3v) is 3.51. The lowest BCUT2D eigenvalue weighted by Crippen LogP contribution is -2.22. The number of H-pyrrole nitrogens is 1. The third-order valence-electron chi connectivity index (χ3n) is 2.46. The Bertz CT molecular complexity index is 342. The zero-order chi connectivity index (χ0) is 10.7. The number of rotatable bonds is 4. The van der Waals surface area contributed by atoms with E-state index in [1.54, 1.807) is 17.5 Å². The molecule has 0 aliphatic rings. The first-order valence-electron chi connectivity index (χ1n) is 5.06. The summed E-state index contributed by atoms with van der Waals surface area (Å²) in [5.41, 5.74) is 1.12. The van der Waals surface area contributed by atoms with Crippen molar-refractivity contribution in [3.63, 3.8) is 0 Å². The molecule has 1 unspecified atom stereocenters. The molecule has 0 radical (unpaired) electrons. The van der Waals surface area contributed by atoms with Crippen LogP contribution in [0.25, 0.3) is 0 Å². The van der Waals surface area contributed by atoms with E-state index >= 15 is 0 Å². The summed E-state index contributed by atoms with van der Waals surface area (Å²) >= 11 is 1.78. The van der Waals surface area contributed by atoms with Gasteiger partial charge >= 0.3 is 0 Å². The standard InChI is InChI=1S/C11H15N3S/c1-8(10-5-6-12-14-10)13-9(2)11-4-3-7-15-11/h3-9,13H,1-2H3,(H,12,14)/t8?,9-/m1/s1. The molecule has 0 amide bonds. The molecule has 2 N–H and O–H groups in total. The predicted octanol–water partition coefficient (Wildman–Crippen LogP) is 2.88. The van der Waals surface area contributed by atoms with Crippen LogP contribution in [0.1, 0.15) is 36.5 Å². The average Bonchev–Trinajstić information content (AvgIpc) is 2.91. The fraction of sp³-hybridized carbons (Fsp3) is 0.364. The van der Waals surface area contributed by atoms with Crippen molar-refractivity contribution in [2.75, 3.05) is 0 Å². The highest BCUT2D eigenvalue weighted by Gasteiger charge is 2.12. The van der Waals surface area contributed by atoms with E-state index in [4.69, 9.17) is 0 Å². The Morgan fingerprint density at radius 1 is 1.33 bits per heavy atom. The van der Waals surface area contributed by atoms with E-state index < -0.39 is 0 Å². The molecule has 4 heteroatoms. The van der Waals surface area contributed by atoms with Gasteiger partial charge in [-0.1, -0.05) is 6.07 Å². The van der Waals surface area contributed by atoms with Crippen LogP contribution in [0.5, 0.6) is 0 Å². The summed E-state index contributed by atoms with van der Waals surface area (Å²) in [5.74, 6) is 0. The Morgan fingerprint density at radius 2 is 2.20 bits per heavy atom. The molecule has 15 heavy (non-hydrogen) atoms. The van der Waals surface area contributed by atoms with Crippen molar-refractivity contribution in [3.05, 3.63) is 40.3 Å². The highest BCUT2D eigenvalue weighted by molar-refractivity contribution is 7.10. The summed E-state index contributed by atoms with van der Waals surface area (Å²) in [6.07, 6.45) is 1.78. The molecular weight excluding hydrogens is 206 g/mol. The van der Waals surface area contributed by atoms with Crippen LogP contribution < -0.4 is 5.32 Å². The summed E-state index contributed by atoms with van der Waals surface area (Å²) in [6.45, 7) is 4.32. The molecule has 0 aliphatic carbocycles. The van der Waals surface area contributed by atoms with Crippen molar-refractivity contribution in [2.45, 2.75) is 25.9 Å². The van der Waals surface area contributed by atoms with Gasteiger partial charge in [0.1, 0.15) is 0 Å². The van der Waals surface area contributed by atoms with Gasteiger partial charge in [0, 0.05) is 23.2 Å². The third kappa shape index (κ3) is 2.46. The maximum atomic E-state index is 3.95. The molecule has 0 bridgehead atoms. The van der Waals surface area contributed by atoms with E-state index in [-0.39, 0.29) is 0 Å². The average molecular weight is 221 g/mol. The maximum absolute atomic E-state index is 3.95. The molecule has 2 rings (SSSR count). The van der Waals surface area contributed by atoms with Crippen LogP contribution in [0.4, 0.5) is 0 Å². The topological polar surface area (TPSA) is 40.7 Å². The van der Waals surface area contributed by atoms with Gasteiger partial charge in [-0.25, -0.2) is 0 Å². The van der Waals surface area contributed by atoms with Crippen LogP contribution in [0.15, 0.2) is 29.8 Å². The van der Waals surface area contributed by atoms with Gasteiger partial charge in [-0.15, -0.1) is 11.3 Å². The number of thiophene rings is 1. The molecule has 2 atom stereocenters. The van der Waals surface area contributed by atoms with Gasteiger partial charge in [0.2, 0.25) is 0 Å². The number of aromatic nitrogens is 2. The Morgan fingerprint density at radius 3 is 2.80 bits per heavy atom. The van der Waals surface area contributed by atoms with E-state index in [2.05, 4.69) is 46.9 Å². The van der Waals surface area contributed by atoms with Gasteiger partial charge in [-0.2, -0.15) is 5.10 Å². The largest absolute Gasteiger partial charge is 0.301 e. The summed E-state index contributed by atoms with van der Waals surface area (Å²) in [5, 5.41) is 12.6. The second-order valence-corrected chi connectivity index (χ2v) is 4.62. The summed E-state index contributed by atoms with van der Waals surface area (Å²) in [7, 11) is 0. The molecule has 0 spiro atoms. The van der Waals surface area contributed by atoms with Crippen molar-refractivity contribution in [2.24, 2.45) is 0 Å². The fourth-order valence-corrected chi connectivity index (χ4v) is 2.34. The van der Waals surface area contributed by atoms with Crippen LogP contribution in [0.2, 0.25) is 0 Å². The molecule has 2 heterocycles. The Kier molecular flexibility index (Phi) is 3.18. The van der Waals surface area contributed by atoms with Crippen LogP contribution in [0, 0.1) is 0 Å². The monoisotopic (exact) mass is 221 g/mol. The quantitative estimate of drug-likeness (QED) is 0.833. The van der Waals surface area contributed by atoms with Crippen molar-refractivity contribution in [3.8, 4) is 0 Å². The molecule has 0 aliphatic heterocycles. The molecule has 0 saturated heterocycles. The number of hydrogen-bond donors (Lipinski definition) is 2. The van der Waals surface area contributed by atoms with Crippen molar-refractivity contribution < 1.29 is 0 Å². The van der Waals surface area contributed by atoms with E-state index in [9.17, 15) is 0 Å². The van der Waals surface area contributed by atoms with Crippen molar-refractivity contribution in [1.29, 1.82) is 0 Å². The minimum atomic E-state index is 0.296. The van der Waals surface area contributed by atoms with Crippen LogP contribution in [0.3, 0.4) is 0 Å². The van der Waals surface area contributed by atoms with Crippen LogP contribution in [-0.2, 0) is 0 Å². The van der Waals surface area contributed by atoms with Crippen LogP contribution in [-0.4, -0.2) is 10.2 Å². The fourth-order valence-electron chi connectivity index (χ4n) is 1.59. The highest BCUT2D eigenvalue weighted by Crippen LogP contribution is 2.21. The van der Waals surface area contributed by atoms with Gasteiger partial charge < -0.3 is 5.32 Å². The molecule has 0 aromatic carbocycles. The minimum absolute atomic E-state index is 0.296. The maximum Gasteiger partial charge on any atom is 0.0518 e. The summed E-state index contributed by atoms with van der Waals surface area (Å²) in [6, 6.07) is 6.91. The van der Waals surface area contributed by atoms with Crippen LogP contribution >= 0.6 is 11.3 Å². The molecule has 80 valence electrons. The van der Waals surface area contributed by atoms with Crippen molar-refractivity contribution in [1.82, 2.24) is 15.5 Å². The van der Waals surface area contributed by atoms with E-state index in [1.165, 1.54) is 4.88 Å². The Hall–Kier alpha value is -1.13. The summed E-state index contributed by atoms with van der Waals surface area (Å²) < 4.78 is 0. The van der Waals surface area contributed by atoms with Gasteiger partial charge in [-0.3, -0.25) is 5.10 Å². The predicted molar refractivity (Wildman–Crippen MR) is 62.9 cm³/mol. The first-order valence-corrected chi connectivity index (χ1v) is 5.94. The van der Waals surface area contributed by atoms with Gasteiger partial charge in [0.05, 0.1) is 5.69 Å². The molecule has 3 nitrogen and oxygen atoms in total. The zero-order valence-corrected chi connectivity index (χ0v) is 9.71. The number of nitrogens with one attached hydrogen (secondary N) is 2. The SMILES string of the molecule is CC(N[C@H](C)c1cccs1)c1ccn[nH]1. The molecule has 2 aromatic rings. The second kappa shape index (κ2) is 4.59. The smallest absolute Gasteiger partial charge is 0.0518 e. The van der Waals surface area contributed by atoms with Gasteiger partial charge in [0.15, 0.2) is 0 Å².